The summed E-state index contributed by atoms with van der Waals surface area (Å²) in [5.41, 5.74) is 3.13. The van der Waals surface area contributed by atoms with Crippen LogP contribution in [0.15, 0.2) is 59.4 Å². The van der Waals surface area contributed by atoms with E-state index in [1.54, 1.807) is 60.5 Å². The van der Waals surface area contributed by atoms with Gasteiger partial charge in [0.05, 0.1) is 30.3 Å². The average molecular weight is 728 g/mol. The topological polar surface area (TPSA) is 219 Å². The number of hydrogen-bond donors (Lipinski definition) is 6. The predicted octanol–water partition coefficient (Wildman–Crippen LogP) is 3.01. The van der Waals surface area contributed by atoms with Crippen molar-refractivity contribution in [2.45, 2.75) is 64.3 Å². The summed E-state index contributed by atoms with van der Waals surface area (Å²) in [6.07, 6.45) is -0.858. The largest absolute Gasteiger partial charge is 0.508 e. The number of phenolic OH excluding ortho intramolecular Hbond substituents is 2. The fourth-order valence-corrected chi connectivity index (χ4v) is 6.63. The maximum absolute atomic E-state index is 13.0. The van der Waals surface area contributed by atoms with Crippen molar-refractivity contribution in [1.29, 1.82) is 0 Å². The quantitative estimate of drug-likeness (QED) is 0.0974. The Hall–Kier alpha value is -6.00. The maximum atomic E-state index is 13.0. The first-order chi connectivity index (χ1) is 25.3. The highest BCUT2D eigenvalue weighted by Crippen LogP contribution is 2.39. The van der Waals surface area contributed by atoms with Crippen molar-refractivity contribution in [3.63, 3.8) is 0 Å². The van der Waals surface area contributed by atoms with Crippen LogP contribution in [0.3, 0.4) is 0 Å². The molecule has 3 heterocycles. The second-order valence-electron chi connectivity index (χ2n) is 13.4. The van der Waals surface area contributed by atoms with E-state index in [0.29, 0.717) is 46.6 Å². The molecule has 6 rings (SSSR count). The lowest BCUT2D eigenvalue weighted by atomic mass is 9.98. The zero-order valence-corrected chi connectivity index (χ0v) is 29.5. The maximum Gasteiger partial charge on any atom is 0.411 e. The molecule has 0 spiro atoms. The Bertz CT molecular complexity index is 2110. The number of benzene rings is 3. The van der Waals surface area contributed by atoms with E-state index in [4.69, 9.17) is 4.74 Å². The minimum absolute atomic E-state index is 0.0369. The number of ether oxygens (including phenoxy) is 1. The van der Waals surface area contributed by atoms with Gasteiger partial charge in [0, 0.05) is 43.9 Å². The number of fused-ring (bicyclic) bond motifs is 1. The molecule has 2 atom stereocenters. The number of nitrogens with one attached hydrogen (secondary N) is 3. The number of H-pyrrole nitrogens is 1. The molecule has 0 aliphatic carbocycles. The summed E-state index contributed by atoms with van der Waals surface area (Å²) in [5, 5.41) is 43.2. The van der Waals surface area contributed by atoms with E-state index in [1.807, 2.05) is 13.8 Å². The van der Waals surface area contributed by atoms with Gasteiger partial charge in [-0.25, -0.2) is 19.3 Å². The third-order valence-corrected chi connectivity index (χ3v) is 9.52. The molecule has 0 radical (unpaired) electrons. The van der Waals surface area contributed by atoms with Gasteiger partial charge in [0.15, 0.2) is 5.82 Å². The van der Waals surface area contributed by atoms with Crippen LogP contribution in [0.2, 0.25) is 0 Å². The van der Waals surface area contributed by atoms with E-state index in [1.165, 1.54) is 15.5 Å². The van der Waals surface area contributed by atoms with Crippen LogP contribution >= 0.6 is 0 Å². The van der Waals surface area contributed by atoms with Gasteiger partial charge in [0.2, 0.25) is 17.7 Å². The first-order valence-corrected chi connectivity index (χ1v) is 17.2. The Morgan fingerprint density at radius 2 is 1.83 bits per heavy atom. The number of nitrogens with zero attached hydrogens (tertiary/aromatic N) is 4. The molecular weight excluding hydrogens is 686 g/mol. The number of anilines is 1. The molecule has 3 aromatic carbocycles. The van der Waals surface area contributed by atoms with E-state index in [-0.39, 0.29) is 73.0 Å². The summed E-state index contributed by atoms with van der Waals surface area (Å²) in [7, 11) is 1.65. The average Bonchev–Trinajstić information content (AvgIpc) is 3.66. The van der Waals surface area contributed by atoms with E-state index in [9.17, 15) is 39.3 Å². The smallest absolute Gasteiger partial charge is 0.411 e. The molecule has 278 valence electrons. The van der Waals surface area contributed by atoms with Gasteiger partial charge in [0.25, 0.3) is 0 Å². The third-order valence-electron chi connectivity index (χ3n) is 9.52. The van der Waals surface area contributed by atoms with Gasteiger partial charge in [-0.2, -0.15) is 5.10 Å². The van der Waals surface area contributed by atoms with E-state index in [2.05, 4.69) is 20.8 Å². The Morgan fingerprint density at radius 3 is 2.55 bits per heavy atom. The molecule has 0 bridgehead atoms. The number of aromatic amines is 1. The zero-order chi connectivity index (χ0) is 38.0. The monoisotopic (exact) mass is 727 g/mol. The summed E-state index contributed by atoms with van der Waals surface area (Å²) in [4.78, 5) is 65.5. The van der Waals surface area contributed by atoms with Crippen LogP contribution in [0.4, 0.5) is 10.5 Å². The molecule has 16 heteroatoms. The SMILES string of the molecule is CC(C)c1cc(-c2n[nH]c(=O)n2-c2ccc(CC(=O)N(C)CCCOC(=O)Nc3cccc4c3CN(C3CCC(=O)NC3=O)C4O)cc2)c(O)cc1O. The highest BCUT2D eigenvalue weighted by atomic mass is 16.5. The lowest BCUT2D eigenvalue weighted by Gasteiger charge is -2.31. The Morgan fingerprint density at radius 1 is 1.08 bits per heavy atom. The lowest BCUT2D eigenvalue weighted by Crippen LogP contribution is -2.51. The lowest BCUT2D eigenvalue weighted by molar-refractivity contribution is -0.141. The van der Waals surface area contributed by atoms with Crippen molar-refractivity contribution in [2.24, 2.45) is 0 Å². The van der Waals surface area contributed by atoms with E-state index < -0.39 is 30.0 Å². The number of rotatable bonds is 11. The Labute approximate surface area is 304 Å². The number of aromatic hydroxyl groups is 2. The minimum Gasteiger partial charge on any atom is -0.508 e. The third kappa shape index (κ3) is 7.78. The van der Waals surface area contributed by atoms with Gasteiger partial charge >= 0.3 is 11.8 Å². The van der Waals surface area contributed by atoms with Crippen LogP contribution in [-0.4, -0.2) is 89.9 Å². The number of aliphatic hydroxyl groups excluding tert-OH is 1. The van der Waals surface area contributed by atoms with Crippen molar-refractivity contribution in [1.82, 2.24) is 29.9 Å². The van der Waals surface area contributed by atoms with Gasteiger partial charge in [-0.1, -0.05) is 38.1 Å². The van der Waals surface area contributed by atoms with Gasteiger partial charge < -0.3 is 25.0 Å². The molecule has 1 fully saturated rings. The molecule has 0 saturated carbocycles. The fourth-order valence-electron chi connectivity index (χ4n) is 6.63. The summed E-state index contributed by atoms with van der Waals surface area (Å²) in [5.74, 6) is -1.15. The van der Waals surface area contributed by atoms with Gasteiger partial charge in [0.1, 0.15) is 17.7 Å². The number of amides is 4. The number of hydrogen-bond acceptors (Lipinski definition) is 11. The van der Waals surface area contributed by atoms with Gasteiger partial charge in [-0.05, 0) is 59.7 Å². The van der Waals surface area contributed by atoms with E-state index >= 15 is 0 Å². The summed E-state index contributed by atoms with van der Waals surface area (Å²) >= 11 is 0. The molecule has 2 unspecified atom stereocenters. The van der Waals surface area contributed by atoms with Crippen LogP contribution < -0.4 is 16.3 Å². The number of piperidine rings is 1. The van der Waals surface area contributed by atoms with Crippen molar-refractivity contribution in [3.8, 4) is 28.6 Å². The van der Waals surface area contributed by atoms with Crippen LogP contribution in [0.25, 0.3) is 17.1 Å². The Balaban J connectivity index is 0.992. The minimum atomic E-state index is -1.07. The highest BCUT2D eigenvalue weighted by Gasteiger charge is 2.40. The zero-order valence-electron chi connectivity index (χ0n) is 29.5. The molecule has 2 aliphatic rings. The molecule has 1 saturated heterocycles. The first-order valence-electron chi connectivity index (χ1n) is 17.2. The molecule has 4 amide bonds. The number of phenols is 2. The van der Waals surface area contributed by atoms with E-state index in [0.717, 1.165) is 0 Å². The van der Waals surface area contributed by atoms with Crippen LogP contribution in [0.1, 0.15) is 67.5 Å². The first kappa shape index (κ1) is 36.8. The fraction of sp³-hybridized carbons (Fsp3) is 0.351. The van der Waals surface area contributed by atoms with Crippen LogP contribution in [-0.2, 0) is 32.1 Å². The van der Waals surface area contributed by atoms with Crippen molar-refractivity contribution >= 4 is 29.5 Å². The van der Waals surface area contributed by atoms with Crippen molar-refractivity contribution < 1.29 is 39.2 Å². The van der Waals surface area contributed by atoms with Gasteiger partial charge in [-0.15, -0.1) is 0 Å². The molecule has 4 aromatic rings. The number of aliphatic hydroxyl groups is 1. The second-order valence-corrected chi connectivity index (χ2v) is 13.4. The summed E-state index contributed by atoms with van der Waals surface area (Å²) < 4.78 is 6.66. The van der Waals surface area contributed by atoms with Crippen molar-refractivity contribution in [2.75, 3.05) is 25.5 Å². The summed E-state index contributed by atoms with van der Waals surface area (Å²) in [6.45, 7) is 4.34. The van der Waals surface area contributed by atoms with Crippen molar-refractivity contribution in [3.05, 3.63) is 87.3 Å². The molecule has 53 heavy (non-hydrogen) atoms. The number of carbonyl (C=O) groups excluding carboxylic acids is 4. The molecule has 2 aliphatic heterocycles. The molecule has 16 nitrogen and oxygen atoms in total. The standard InChI is InChI=1S/C37H41N7O9/c1-20(2)24-17-25(30(46)18-29(24)45)33-40-41-36(51)44(33)22-10-8-21(9-11-22)16-32(48)42(3)14-5-15-53-37(52)38-27-7-4-6-23-26(27)19-43(35(23)50)28-12-13-31(47)39-34(28)49/h4,6-11,17-18,20,28,35,45-46,50H,5,12-16,19H2,1-3H3,(H,38,52)(H,41,51)(H,39,47,49). The second kappa shape index (κ2) is 15.3. The number of aromatic nitrogens is 3. The Kier molecular flexibility index (Phi) is 10.6. The number of carbonyl (C=O) groups is 4. The number of likely N-dealkylation sites (N-methyl/N-ethyl adjacent to an activating group) is 1. The predicted molar refractivity (Wildman–Crippen MR) is 191 cm³/mol. The molecular formula is C37H41N7O9. The number of imide groups is 1. The van der Waals surface area contributed by atoms with Gasteiger partial charge in [-0.3, -0.25) is 29.9 Å². The normalized spacial score (nSPS) is 17.1. The molecule has 1 aromatic heterocycles. The summed E-state index contributed by atoms with van der Waals surface area (Å²) in [6, 6.07) is 14.0. The molecule has 6 N–H and O–H groups in total. The van der Waals surface area contributed by atoms with Crippen LogP contribution in [0, 0.1) is 0 Å². The highest BCUT2D eigenvalue weighted by molar-refractivity contribution is 6.00. The van der Waals surface area contributed by atoms with Crippen LogP contribution in [0.5, 0.6) is 11.5 Å².